The largest absolute Gasteiger partial charge is 0.394 e. The van der Waals surface area contributed by atoms with Crippen molar-refractivity contribution in [3.8, 4) is 0 Å². The van der Waals surface area contributed by atoms with Crippen LogP contribution in [0, 0.1) is 5.92 Å². The third-order valence-corrected chi connectivity index (χ3v) is 4.87. The summed E-state index contributed by atoms with van der Waals surface area (Å²) in [5.41, 5.74) is 0. The topological polar surface area (TPSA) is 69.6 Å². The Morgan fingerprint density at radius 3 is 2.70 bits per heavy atom. The molecule has 0 aliphatic carbocycles. The highest BCUT2D eigenvalue weighted by molar-refractivity contribution is 7.14. The standard InChI is InChI=1S/C14H17F3N2O3S/c1-8(21)18-6-9-2-3-12(23-9)13(22)19-5-4-10(11(19)7-20)14(15,16)17/h2-3,10-11,20H,4-7H2,1H3,(H,18,21)/t10-,11+/m0/s1. The summed E-state index contributed by atoms with van der Waals surface area (Å²) >= 11 is 1.12. The number of amides is 2. The number of hydrogen-bond acceptors (Lipinski definition) is 4. The molecule has 0 aromatic carbocycles. The lowest BCUT2D eigenvalue weighted by atomic mass is 10.0. The van der Waals surface area contributed by atoms with Crippen LogP contribution in [0.15, 0.2) is 12.1 Å². The third kappa shape index (κ3) is 4.03. The number of carbonyl (C=O) groups excluding carboxylic acids is 2. The highest BCUT2D eigenvalue weighted by Crippen LogP contribution is 2.39. The van der Waals surface area contributed by atoms with Crippen molar-refractivity contribution in [2.45, 2.75) is 32.1 Å². The number of likely N-dealkylation sites (tertiary alicyclic amines) is 1. The number of aliphatic hydroxyl groups is 1. The molecule has 0 bridgehead atoms. The second kappa shape index (κ2) is 6.88. The van der Waals surface area contributed by atoms with Crippen molar-refractivity contribution in [3.63, 3.8) is 0 Å². The van der Waals surface area contributed by atoms with E-state index in [2.05, 4.69) is 5.32 Å². The number of rotatable bonds is 4. The maximum absolute atomic E-state index is 12.9. The van der Waals surface area contributed by atoms with Gasteiger partial charge in [-0.2, -0.15) is 13.2 Å². The van der Waals surface area contributed by atoms with Gasteiger partial charge in [0.2, 0.25) is 5.91 Å². The second-order valence-corrected chi connectivity index (χ2v) is 6.53. The number of aliphatic hydroxyl groups excluding tert-OH is 1. The fourth-order valence-electron chi connectivity index (χ4n) is 2.65. The van der Waals surface area contributed by atoms with E-state index in [0.29, 0.717) is 4.88 Å². The molecular formula is C14H17F3N2O3S. The third-order valence-electron chi connectivity index (χ3n) is 3.80. The maximum atomic E-state index is 12.9. The summed E-state index contributed by atoms with van der Waals surface area (Å²) in [6.45, 7) is 0.877. The Bertz CT molecular complexity index is 588. The zero-order valence-electron chi connectivity index (χ0n) is 12.4. The number of nitrogens with one attached hydrogen (secondary N) is 1. The molecule has 2 rings (SSSR count). The molecule has 0 radical (unpaired) electrons. The van der Waals surface area contributed by atoms with Gasteiger partial charge in [-0.05, 0) is 18.6 Å². The highest BCUT2D eigenvalue weighted by Gasteiger charge is 2.51. The van der Waals surface area contributed by atoms with E-state index in [0.717, 1.165) is 21.1 Å². The van der Waals surface area contributed by atoms with Crippen LogP contribution in [0.25, 0.3) is 0 Å². The molecule has 1 saturated heterocycles. The molecule has 1 aromatic heterocycles. The lowest BCUT2D eigenvalue weighted by Gasteiger charge is -2.27. The molecule has 2 heterocycles. The number of thiophene rings is 1. The Kier molecular flexibility index (Phi) is 5.30. The van der Waals surface area contributed by atoms with Crippen molar-refractivity contribution in [3.05, 3.63) is 21.9 Å². The van der Waals surface area contributed by atoms with Gasteiger partial charge in [-0.15, -0.1) is 11.3 Å². The van der Waals surface area contributed by atoms with Gasteiger partial charge in [-0.25, -0.2) is 0 Å². The molecule has 2 atom stereocenters. The summed E-state index contributed by atoms with van der Waals surface area (Å²) in [5, 5.41) is 11.9. The molecule has 0 unspecified atom stereocenters. The van der Waals surface area contributed by atoms with Crippen LogP contribution in [-0.4, -0.2) is 47.2 Å². The van der Waals surface area contributed by atoms with Crippen molar-refractivity contribution in [2.75, 3.05) is 13.2 Å². The molecule has 128 valence electrons. The Morgan fingerprint density at radius 2 is 2.13 bits per heavy atom. The number of nitrogens with zero attached hydrogens (tertiary/aromatic N) is 1. The van der Waals surface area contributed by atoms with E-state index >= 15 is 0 Å². The first-order valence-electron chi connectivity index (χ1n) is 7.05. The first-order valence-corrected chi connectivity index (χ1v) is 7.87. The molecule has 23 heavy (non-hydrogen) atoms. The van der Waals surface area contributed by atoms with Gasteiger partial charge in [-0.1, -0.05) is 0 Å². The molecule has 1 aromatic rings. The predicted octanol–water partition coefficient (Wildman–Crippen LogP) is 1.77. The lowest BCUT2D eigenvalue weighted by Crippen LogP contribution is -2.43. The summed E-state index contributed by atoms with van der Waals surface area (Å²) in [6, 6.07) is 1.93. The van der Waals surface area contributed by atoms with Crippen LogP contribution in [0.3, 0.4) is 0 Å². The van der Waals surface area contributed by atoms with Crippen molar-refractivity contribution in [1.82, 2.24) is 10.2 Å². The van der Waals surface area contributed by atoms with Gasteiger partial charge < -0.3 is 15.3 Å². The highest BCUT2D eigenvalue weighted by atomic mass is 32.1. The van der Waals surface area contributed by atoms with Crippen molar-refractivity contribution >= 4 is 23.2 Å². The monoisotopic (exact) mass is 350 g/mol. The van der Waals surface area contributed by atoms with Gasteiger partial charge in [0, 0.05) is 18.3 Å². The van der Waals surface area contributed by atoms with Crippen LogP contribution in [0.1, 0.15) is 27.9 Å². The molecule has 9 heteroatoms. The Hall–Kier alpha value is -1.61. The number of halogens is 3. The molecule has 0 saturated carbocycles. The van der Waals surface area contributed by atoms with Gasteiger partial charge in [0.25, 0.3) is 5.91 Å². The van der Waals surface area contributed by atoms with Crippen molar-refractivity contribution in [1.29, 1.82) is 0 Å². The molecule has 1 fully saturated rings. The molecule has 5 nitrogen and oxygen atoms in total. The lowest BCUT2D eigenvalue weighted by molar-refractivity contribution is -0.181. The number of carbonyl (C=O) groups is 2. The predicted molar refractivity (Wildman–Crippen MR) is 77.9 cm³/mol. The second-order valence-electron chi connectivity index (χ2n) is 5.36. The zero-order chi connectivity index (χ0) is 17.2. The summed E-state index contributed by atoms with van der Waals surface area (Å²) in [5.74, 6) is -2.43. The van der Waals surface area contributed by atoms with Crippen molar-refractivity contribution in [2.24, 2.45) is 5.92 Å². The van der Waals surface area contributed by atoms with Crippen LogP contribution in [0.2, 0.25) is 0 Å². The van der Waals surface area contributed by atoms with Crippen LogP contribution in [0.5, 0.6) is 0 Å². The van der Waals surface area contributed by atoms with E-state index in [9.17, 15) is 27.9 Å². The van der Waals surface area contributed by atoms with Gasteiger partial charge in [0.1, 0.15) is 0 Å². The molecular weight excluding hydrogens is 333 g/mol. The van der Waals surface area contributed by atoms with E-state index in [1.807, 2.05) is 0 Å². The first kappa shape index (κ1) is 17.7. The van der Waals surface area contributed by atoms with Crippen LogP contribution in [0.4, 0.5) is 13.2 Å². The molecule has 2 N–H and O–H groups in total. The summed E-state index contributed by atoms with van der Waals surface area (Å²) < 4.78 is 38.8. The average Bonchev–Trinajstić information content (AvgIpc) is 3.10. The van der Waals surface area contributed by atoms with Crippen LogP contribution < -0.4 is 5.32 Å². The van der Waals surface area contributed by atoms with E-state index in [4.69, 9.17) is 0 Å². The molecule has 0 spiro atoms. The minimum absolute atomic E-state index is 0.0346. The quantitative estimate of drug-likeness (QED) is 0.870. The summed E-state index contributed by atoms with van der Waals surface area (Å²) in [7, 11) is 0. The normalized spacial score (nSPS) is 21.5. The van der Waals surface area contributed by atoms with E-state index < -0.39 is 30.7 Å². The number of hydrogen-bond donors (Lipinski definition) is 2. The van der Waals surface area contributed by atoms with E-state index in [1.54, 1.807) is 6.07 Å². The fourth-order valence-corrected chi connectivity index (χ4v) is 3.56. The molecule has 1 aliphatic rings. The van der Waals surface area contributed by atoms with Gasteiger partial charge in [0.15, 0.2) is 0 Å². The summed E-state index contributed by atoms with van der Waals surface area (Å²) in [6.07, 6.45) is -4.64. The van der Waals surface area contributed by atoms with Crippen LogP contribution >= 0.6 is 11.3 Å². The fraction of sp³-hybridized carbons (Fsp3) is 0.571. The Balaban J connectivity index is 2.09. The Morgan fingerprint density at radius 1 is 1.43 bits per heavy atom. The zero-order valence-corrected chi connectivity index (χ0v) is 13.2. The molecule has 1 aliphatic heterocycles. The van der Waals surface area contributed by atoms with E-state index in [-0.39, 0.29) is 25.4 Å². The summed E-state index contributed by atoms with van der Waals surface area (Å²) in [4.78, 5) is 25.4. The van der Waals surface area contributed by atoms with E-state index in [1.165, 1.54) is 13.0 Å². The van der Waals surface area contributed by atoms with Gasteiger partial charge in [-0.3, -0.25) is 9.59 Å². The van der Waals surface area contributed by atoms with Gasteiger partial charge >= 0.3 is 6.18 Å². The minimum Gasteiger partial charge on any atom is -0.394 e. The molecule has 2 amide bonds. The smallest absolute Gasteiger partial charge is 0.393 e. The maximum Gasteiger partial charge on any atom is 0.393 e. The van der Waals surface area contributed by atoms with Crippen molar-refractivity contribution < 1.29 is 27.9 Å². The van der Waals surface area contributed by atoms with Crippen LogP contribution in [-0.2, 0) is 11.3 Å². The SMILES string of the molecule is CC(=O)NCc1ccc(C(=O)N2CC[C@H](C(F)(F)F)[C@H]2CO)s1. The van der Waals surface area contributed by atoms with Gasteiger partial charge in [0.05, 0.1) is 30.0 Å². The number of alkyl halides is 3. The Labute approximate surface area is 135 Å². The average molecular weight is 350 g/mol. The minimum atomic E-state index is -4.44. The first-order chi connectivity index (χ1) is 10.7.